The molecule has 5 rings (SSSR count). The lowest BCUT2D eigenvalue weighted by Crippen LogP contribution is -2.41. The van der Waals surface area contributed by atoms with Crippen molar-refractivity contribution in [2.75, 3.05) is 13.1 Å². The predicted octanol–water partition coefficient (Wildman–Crippen LogP) is 7.81. The Bertz CT molecular complexity index is 1950. The van der Waals surface area contributed by atoms with Crippen LogP contribution in [0.2, 0.25) is 0 Å². The number of terminal acetylenes is 1. The zero-order valence-corrected chi connectivity index (χ0v) is 29.3. The number of nitrogens with zero attached hydrogens (tertiary/aromatic N) is 2. The molecule has 0 bridgehead atoms. The summed E-state index contributed by atoms with van der Waals surface area (Å²) >= 11 is 0. The molecule has 1 aliphatic carbocycles. The molecule has 1 saturated carbocycles. The van der Waals surface area contributed by atoms with Crippen molar-refractivity contribution < 1.29 is 41.0 Å². The Morgan fingerprint density at radius 2 is 1.62 bits per heavy atom. The van der Waals surface area contributed by atoms with E-state index in [1.54, 1.807) is 13.8 Å². The van der Waals surface area contributed by atoms with Gasteiger partial charge in [-0.15, -0.1) is 6.42 Å². The molecule has 2 atom stereocenters. The number of aryl methyl sites for hydroxylation is 2. The van der Waals surface area contributed by atoms with E-state index in [1.165, 1.54) is 13.8 Å². The van der Waals surface area contributed by atoms with Crippen molar-refractivity contribution in [3.05, 3.63) is 91.6 Å². The summed E-state index contributed by atoms with van der Waals surface area (Å²) in [6.45, 7) is 7.62. The van der Waals surface area contributed by atoms with E-state index < -0.39 is 82.2 Å². The van der Waals surface area contributed by atoms with Crippen molar-refractivity contribution in [1.82, 2.24) is 14.8 Å². The number of amides is 1. The number of carboxylic acid groups (broad SMARTS) is 1. The van der Waals surface area contributed by atoms with Gasteiger partial charge in [0.25, 0.3) is 5.56 Å². The second-order valence-corrected chi connectivity index (χ2v) is 14.3. The van der Waals surface area contributed by atoms with Crippen LogP contribution in [0, 0.1) is 49.6 Å². The summed E-state index contributed by atoms with van der Waals surface area (Å²) in [5, 5.41) is 12.2. The molecule has 2 N–H and O–H groups in total. The molecule has 2 aromatic carbocycles. The Morgan fingerprint density at radius 3 is 2.13 bits per heavy atom. The molecule has 2 aliphatic rings. The minimum Gasteiger partial charge on any atom is -0.481 e. The lowest BCUT2D eigenvalue weighted by Gasteiger charge is -2.34. The first-order valence-corrected chi connectivity index (χ1v) is 17.3. The van der Waals surface area contributed by atoms with Gasteiger partial charge in [-0.1, -0.05) is 19.8 Å². The summed E-state index contributed by atoms with van der Waals surface area (Å²) in [6, 6.07) is 0.892. The number of likely N-dealkylation sites (tertiary alicyclic amines) is 1. The molecule has 2 heterocycles. The van der Waals surface area contributed by atoms with Crippen LogP contribution in [0.5, 0.6) is 0 Å². The monoisotopic (exact) mass is 729 g/mol. The van der Waals surface area contributed by atoms with Crippen molar-refractivity contribution in [2.45, 2.75) is 96.4 Å². The van der Waals surface area contributed by atoms with Gasteiger partial charge in [0.15, 0.2) is 0 Å². The van der Waals surface area contributed by atoms with Crippen molar-refractivity contribution >= 4 is 11.9 Å². The Morgan fingerprint density at radius 1 is 1.00 bits per heavy atom. The van der Waals surface area contributed by atoms with Gasteiger partial charge >= 0.3 is 12.1 Å². The minimum absolute atomic E-state index is 0.0783. The van der Waals surface area contributed by atoms with E-state index in [9.17, 15) is 37.1 Å². The predicted molar refractivity (Wildman–Crippen MR) is 183 cm³/mol. The molecule has 1 aliphatic heterocycles. The standard InChI is InChI=1S/C39H41F6N3O4/c1-6-23-16-27(34-21(4)14-25(40)15-22(34)5)37(42)35(36(23)41)30(18-33(50)51)46-38(52)31(13-20(2)3)48-19-28(29(17-32(48)49)39(43,44)45)24-9-11-47(12-10-24)26-7-8-26/h1,14-17,19-20,24,26,30-31H,7-13,18H2,2-5H3,(H,46,52)(H,50,51)/t30-,31-/m0/s1. The summed E-state index contributed by atoms with van der Waals surface area (Å²) in [5.74, 6) is -4.46. The van der Waals surface area contributed by atoms with Gasteiger partial charge < -0.3 is 19.9 Å². The third-order valence-electron chi connectivity index (χ3n) is 9.98. The highest BCUT2D eigenvalue weighted by atomic mass is 19.4. The second kappa shape index (κ2) is 15.2. The van der Waals surface area contributed by atoms with Gasteiger partial charge in [0, 0.05) is 29.4 Å². The van der Waals surface area contributed by atoms with Gasteiger partial charge in [-0.2, -0.15) is 13.2 Å². The average Bonchev–Trinajstić information content (AvgIpc) is 3.89. The molecule has 13 heteroatoms. The molecule has 1 aromatic heterocycles. The fourth-order valence-corrected chi connectivity index (χ4v) is 7.44. The number of nitrogens with one attached hydrogen (secondary N) is 1. The summed E-state index contributed by atoms with van der Waals surface area (Å²) in [7, 11) is 0. The highest BCUT2D eigenvalue weighted by Crippen LogP contribution is 2.41. The molecule has 278 valence electrons. The number of carboxylic acids is 1. The number of benzene rings is 2. The number of carbonyl (C=O) groups is 2. The summed E-state index contributed by atoms with van der Waals surface area (Å²) < 4.78 is 90.6. The smallest absolute Gasteiger partial charge is 0.416 e. The molecular formula is C39H41F6N3O4. The topological polar surface area (TPSA) is 91.6 Å². The Balaban J connectivity index is 1.59. The maximum Gasteiger partial charge on any atom is 0.416 e. The minimum atomic E-state index is -4.85. The number of hydrogen-bond acceptors (Lipinski definition) is 4. The molecular weight excluding hydrogens is 688 g/mol. The van der Waals surface area contributed by atoms with Crippen LogP contribution in [-0.2, 0) is 15.8 Å². The van der Waals surface area contributed by atoms with Crippen LogP contribution < -0.4 is 10.9 Å². The number of halogens is 6. The molecule has 0 radical (unpaired) electrons. The van der Waals surface area contributed by atoms with Crippen LogP contribution in [-0.4, -0.2) is 45.6 Å². The number of aromatic nitrogens is 1. The van der Waals surface area contributed by atoms with Gasteiger partial charge in [0.1, 0.15) is 23.5 Å². The Kier molecular flexibility index (Phi) is 11.3. The number of hydrogen-bond donors (Lipinski definition) is 2. The number of pyridine rings is 1. The van der Waals surface area contributed by atoms with Crippen molar-refractivity contribution in [3.8, 4) is 23.5 Å². The number of alkyl halides is 3. The largest absolute Gasteiger partial charge is 0.481 e. The van der Waals surface area contributed by atoms with Crippen molar-refractivity contribution in [3.63, 3.8) is 0 Å². The first-order valence-electron chi connectivity index (χ1n) is 17.3. The fourth-order valence-electron chi connectivity index (χ4n) is 7.44. The third-order valence-corrected chi connectivity index (χ3v) is 9.98. The van der Waals surface area contributed by atoms with E-state index >= 15 is 8.78 Å². The number of aliphatic carboxylic acids is 1. The molecule has 1 saturated heterocycles. The summed E-state index contributed by atoms with van der Waals surface area (Å²) in [5.41, 5.74) is -3.14. The lowest BCUT2D eigenvalue weighted by molar-refractivity contribution is -0.139. The van der Waals surface area contributed by atoms with Crippen LogP contribution in [0.15, 0.2) is 35.3 Å². The van der Waals surface area contributed by atoms with Crippen LogP contribution in [0.3, 0.4) is 0 Å². The fraction of sp³-hybridized carbons (Fsp3) is 0.462. The van der Waals surface area contributed by atoms with Gasteiger partial charge in [0.05, 0.1) is 23.6 Å². The van der Waals surface area contributed by atoms with E-state index in [2.05, 4.69) is 16.1 Å². The highest BCUT2D eigenvalue weighted by molar-refractivity contribution is 5.82. The zero-order chi connectivity index (χ0) is 38.2. The highest BCUT2D eigenvalue weighted by Gasteiger charge is 2.40. The van der Waals surface area contributed by atoms with Gasteiger partial charge in [-0.3, -0.25) is 14.4 Å². The van der Waals surface area contributed by atoms with E-state index in [1.807, 2.05) is 0 Å². The molecule has 0 unspecified atom stereocenters. The first kappa shape index (κ1) is 38.7. The maximum atomic E-state index is 16.5. The van der Waals surface area contributed by atoms with Crippen LogP contribution in [0.4, 0.5) is 26.3 Å². The van der Waals surface area contributed by atoms with E-state index in [4.69, 9.17) is 6.42 Å². The molecule has 3 aromatic rings. The molecule has 0 spiro atoms. The SMILES string of the molecule is C#Cc1cc(-c2c(C)cc(F)cc2C)c(F)c([C@H](CC(=O)O)NC(=O)[C@H](CC(C)C)n2cc(C3CCN(C4CC4)CC3)c(C(F)(F)F)cc2=O)c1F. The maximum absolute atomic E-state index is 16.5. The van der Waals surface area contributed by atoms with Crippen LogP contribution >= 0.6 is 0 Å². The second-order valence-electron chi connectivity index (χ2n) is 14.3. The van der Waals surface area contributed by atoms with E-state index in [-0.39, 0.29) is 40.2 Å². The van der Waals surface area contributed by atoms with Crippen molar-refractivity contribution in [2.24, 2.45) is 5.92 Å². The Hall–Kier alpha value is -4.57. The summed E-state index contributed by atoms with van der Waals surface area (Å²) in [6.07, 6.45) is 3.61. The van der Waals surface area contributed by atoms with Gasteiger partial charge in [-0.25, -0.2) is 13.2 Å². The normalized spacial score (nSPS) is 16.8. The van der Waals surface area contributed by atoms with Crippen LogP contribution in [0.25, 0.3) is 11.1 Å². The number of piperidine rings is 1. The average molecular weight is 730 g/mol. The number of carbonyl (C=O) groups excluding carboxylic acids is 1. The van der Waals surface area contributed by atoms with E-state index in [0.29, 0.717) is 38.0 Å². The molecule has 1 amide bonds. The van der Waals surface area contributed by atoms with Gasteiger partial charge in [-0.05, 0) is 111 Å². The van der Waals surface area contributed by atoms with E-state index in [0.717, 1.165) is 41.8 Å². The lowest BCUT2D eigenvalue weighted by atomic mass is 9.87. The van der Waals surface area contributed by atoms with Crippen LogP contribution in [0.1, 0.15) is 104 Å². The summed E-state index contributed by atoms with van der Waals surface area (Å²) in [4.78, 5) is 41.9. The van der Waals surface area contributed by atoms with Crippen molar-refractivity contribution in [1.29, 1.82) is 0 Å². The third kappa shape index (κ3) is 8.22. The first-order chi connectivity index (χ1) is 24.4. The van der Waals surface area contributed by atoms with Gasteiger partial charge in [0.2, 0.25) is 5.91 Å². The molecule has 52 heavy (non-hydrogen) atoms. The number of rotatable bonds is 11. The Labute approximate surface area is 298 Å². The zero-order valence-electron chi connectivity index (χ0n) is 29.3. The molecule has 2 fully saturated rings. The molecule has 7 nitrogen and oxygen atoms in total. The quantitative estimate of drug-likeness (QED) is 0.155.